The number of methoxy groups -OCH3 is 1. The molecule has 0 aromatic heterocycles. The third kappa shape index (κ3) is 3.92. The quantitative estimate of drug-likeness (QED) is 0.404. The molecule has 0 amide bonds. The molecule has 0 saturated heterocycles. The molecule has 0 radical (unpaired) electrons. The molecule has 4 N–H and O–H groups in total. The highest BCUT2D eigenvalue weighted by Crippen LogP contribution is 2.24. The van der Waals surface area contributed by atoms with Gasteiger partial charge >= 0.3 is 5.97 Å². The molecule has 17 heavy (non-hydrogen) atoms. The predicted molar refractivity (Wildman–Crippen MR) is 66.0 cm³/mol. The lowest BCUT2D eigenvalue weighted by molar-refractivity contribution is 0.0601. The molecule has 0 heterocycles. The van der Waals surface area contributed by atoms with E-state index in [0.717, 1.165) is 4.90 Å². The third-order valence-corrected chi connectivity index (χ3v) is 3.22. The van der Waals surface area contributed by atoms with Crippen molar-refractivity contribution in [3.63, 3.8) is 0 Å². The number of carbonyl (C=O) groups is 1. The summed E-state index contributed by atoms with van der Waals surface area (Å²) in [7, 11) is 1.29. The SMILES string of the molecule is COC(=O)c1cc(SCC(O)CO)ccc1N. The van der Waals surface area contributed by atoms with E-state index in [4.69, 9.17) is 10.8 Å². The first-order chi connectivity index (χ1) is 8.08. The van der Waals surface area contributed by atoms with Crippen LogP contribution in [0.4, 0.5) is 5.69 Å². The Morgan fingerprint density at radius 2 is 2.29 bits per heavy atom. The third-order valence-electron chi connectivity index (χ3n) is 2.08. The molecular formula is C11H15NO4S. The van der Waals surface area contributed by atoms with Crippen LogP contribution in [0, 0.1) is 0 Å². The maximum atomic E-state index is 11.4. The van der Waals surface area contributed by atoms with Gasteiger partial charge < -0.3 is 20.7 Å². The molecule has 0 aliphatic heterocycles. The van der Waals surface area contributed by atoms with E-state index >= 15 is 0 Å². The average molecular weight is 257 g/mol. The Morgan fingerprint density at radius 3 is 2.88 bits per heavy atom. The van der Waals surface area contributed by atoms with Crippen LogP contribution in [-0.2, 0) is 4.74 Å². The predicted octanol–water partition coefficient (Wildman–Crippen LogP) is 0.501. The monoisotopic (exact) mass is 257 g/mol. The molecule has 1 aromatic carbocycles. The lowest BCUT2D eigenvalue weighted by atomic mass is 10.2. The van der Waals surface area contributed by atoms with Crippen molar-refractivity contribution in [1.82, 2.24) is 0 Å². The van der Waals surface area contributed by atoms with Crippen LogP contribution in [0.2, 0.25) is 0 Å². The van der Waals surface area contributed by atoms with E-state index < -0.39 is 12.1 Å². The van der Waals surface area contributed by atoms with E-state index in [1.165, 1.54) is 18.9 Å². The number of benzene rings is 1. The maximum Gasteiger partial charge on any atom is 0.339 e. The first-order valence-corrected chi connectivity index (χ1v) is 5.96. The summed E-state index contributed by atoms with van der Waals surface area (Å²) in [6.07, 6.45) is -0.779. The van der Waals surface area contributed by atoms with Crippen LogP contribution in [0.5, 0.6) is 0 Å². The van der Waals surface area contributed by atoms with Gasteiger partial charge in [0.2, 0.25) is 0 Å². The zero-order chi connectivity index (χ0) is 12.8. The molecule has 1 aromatic rings. The van der Waals surface area contributed by atoms with Gasteiger partial charge in [-0.15, -0.1) is 11.8 Å². The highest BCUT2D eigenvalue weighted by Gasteiger charge is 2.11. The Kier molecular flexibility index (Phi) is 5.27. The summed E-state index contributed by atoms with van der Waals surface area (Å²) in [5.41, 5.74) is 6.30. The number of nitrogen functional groups attached to an aromatic ring is 1. The number of hydrogen-bond donors (Lipinski definition) is 3. The van der Waals surface area contributed by atoms with Crippen molar-refractivity contribution in [3.05, 3.63) is 23.8 Å². The van der Waals surface area contributed by atoms with E-state index in [9.17, 15) is 9.90 Å². The summed E-state index contributed by atoms with van der Waals surface area (Å²) < 4.78 is 4.60. The number of anilines is 1. The fourth-order valence-electron chi connectivity index (χ4n) is 1.16. The summed E-state index contributed by atoms with van der Waals surface area (Å²) in [6.45, 7) is -0.286. The standard InChI is InChI=1S/C11H15NO4S/c1-16-11(15)9-4-8(2-3-10(9)12)17-6-7(14)5-13/h2-4,7,13-14H,5-6,12H2,1H3. The molecule has 0 saturated carbocycles. The number of aliphatic hydroxyl groups excluding tert-OH is 2. The minimum absolute atomic E-state index is 0.286. The summed E-state index contributed by atoms with van der Waals surface area (Å²) >= 11 is 1.33. The van der Waals surface area contributed by atoms with Gasteiger partial charge in [-0.25, -0.2) is 4.79 Å². The largest absolute Gasteiger partial charge is 0.465 e. The molecule has 0 fully saturated rings. The lowest BCUT2D eigenvalue weighted by Gasteiger charge is -2.09. The van der Waals surface area contributed by atoms with E-state index in [2.05, 4.69) is 4.74 Å². The van der Waals surface area contributed by atoms with Gasteiger partial charge in [-0.05, 0) is 18.2 Å². The normalized spacial score (nSPS) is 12.2. The first kappa shape index (κ1) is 13.8. The number of hydrogen-bond acceptors (Lipinski definition) is 6. The van der Waals surface area contributed by atoms with Gasteiger partial charge in [0, 0.05) is 16.3 Å². The Morgan fingerprint density at radius 1 is 1.59 bits per heavy atom. The molecule has 0 aliphatic rings. The summed E-state index contributed by atoms with van der Waals surface area (Å²) in [6, 6.07) is 4.96. The topological polar surface area (TPSA) is 92.8 Å². The smallest absolute Gasteiger partial charge is 0.339 e. The van der Waals surface area contributed by atoms with Gasteiger partial charge in [0.15, 0.2) is 0 Å². The molecule has 6 heteroatoms. The van der Waals surface area contributed by atoms with Crippen LogP contribution < -0.4 is 5.73 Å². The van der Waals surface area contributed by atoms with Crippen molar-refractivity contribution in [3.8, 4) is 0 Å². The maximum absolute atomic E-state index is 11.4. The molecule has 5 nitrogen and oxygen atoms in total. The molecule has 0 bridgehead atoms. The Bertz CT molecular complexity index is 397. The Hall–Kier alpha value is -1.24. The van der Waals surface area contributed by atoms with E-state index in [-0.39, 0.29) is 6.61 Å². The number of esters is 1. The van der Waals surface area contributed by atoms with Crippen LogP contribution in [0.1, 0.15) is 10.4 Å². The lowest BCUT2D eigenvalue weighted by Crippen LogP contribution is -2.14. The number of thioether (sulfide) groups is 1. The van der Waals surface area contributed by atoms with Gasteiger partial charge in [-0.1, -0.05) is 0 Å². The molecule has 94 valence electrons. The molecule has 0 aliphatic carbocycles. The van der Waals surface area contributed by atoms with Crippen molar-refractivity contribution in [1.29, 1.82) is 0 Å². The van der Waals surface area contributed by atoms with Gasteiger partial charge in [0.25, 0.3) is 0 Å². The second-order valence-electron chi connectivity index (χ2n) is 3.39. The van der Waals surface area contributed by atoms with Crippen molar-refractivity contribution in [2.24, 2.45) is 0 Å². The zero-order valence-corrected chi connectivity index (χ0v) is 10.2. The fraction of sp³-hybridized carbons (Fsp3) is 0.364. The fourth-order valence-corrected chi connectivity index (χ4v) is 2.01. The van der Waals surface area contributed by atoms with Crippen LogP contribution in [0.15, 0.2) is 23.1 Å². The van der Waals surface area contributed by atoms with E-state index in [1.807, 2.05) is 0 Å². The van der Waals surface area contributed by atoms with Crippen LogP contribution in [-0.4, -0.2) is 41.8 Å². The van der Waals surface area contributed by atoms with Gasteiger partial charge in [0.05, 0.1) is 25.4 Å². The van der Waals surface area contributed by atoms with Crippen molar-refractivity contribution in [2.45, 2.75) is 11.0 Å². The first-order valence-electron chi connectivity index (χ1n) is 4.98. The summed E-state index contributed by atoms with van der Waals surface area (Å²) in [4.78, 5) is 12.2. The molecule has 1 unspecified atom stereocenters. The number of aliphatic hydroxyl groups is 2. The average Bonchev–Trinajstić information content (AvgIpc) is 2.36. The minimum Gasteiger partial charge on any atom is -0.465 e. The van der Waals surface area contributed by atoms with Gasteiger partial charge in [-0.2, -0.15) is 0 Å². The number of carbonyl (C=O) groups excluding carboxylic acids is 1. The highest BCUT2D eigenvalue weighted by atomic mass is 32.2. The Labute approximate surface area is 104 Å². The van der Waals surface area contributed by atoms with Crippen LogP contribution >= 0.6 is 11.8 Å². The second-order valence-corrected chi connectivity index (χ2v) is 4.48. The second kappa shape index (κ2) is 6.48. The Balaban J connectivity index is 2.78. The summed E-state index contributed by atoms with van der Waals surface area (Å²) in [5.74, 6) is -0.145. The van der Waals surface area contributed by atoms with Crippen LogP contribution in [0.3, 0.4) is 0 Å². The molecular weight excluding hydrogens is 242 g/mol. The number of rotatable bonds is 5. The van der Waals surface area contributed by atoms with Crippen LogP contribution in [0.25, 0.3) is 0 Å². The summed E-state index contributed by atoms with van der Waals surface area (Å²) in [5, 5.41) is 17.9. The zero-order valence-electron chi connectivity index (χ0n) is 9.42. The van der Waals surface area contributed by atoms with Crippen molar-refractivity contribution >= 4 is 23.4 Å². The van der Waals surface area contributed by atoms with Gasteiger partial charge in [-0.3, -0.25) is 0 Å². The number of ether oxygens (including phenoxy) is 1. The number of nitrogens with two attached hydrogens (primary N) is 1. The molecule has 1 rings (SSSR count). The van der Waals surface area contributed by atoms with E-state index in [1.54, 1.807) is 18.2 Å². The molecule has 1 atom stereocenters. The van der Waals surface area contributed by atoms with Gasteiger partial charge in [0.1, 0.15) is 0 Å². The van der Waals surface area contributed by atoms with E-state index in [0.29, 0.717) is 17.0 Å². The van der Waals surface area contributed by atoms with Crippen molar-refractivity contribution in [2.75, 3.05) is 25.2 Å². The minimum atomic E-state index is -0.779. The van der Waals surface area contributed by atoms with Crippen molar-refractivity contribution < 1.29 is 19.7 Å². The highest BCUT2D eigenvalue weighted by molar-refractivity contribution is 7.99. The molecule has 0 spiro atoms.